The quantitative estimate of drug-likeness (QED) is 0.687. The molecule has 0 heterocycles. The Kier molecular flexibility index (Phi) is 2.02. The van der Waals surface area contributed by atoms with E-state index in [1.165, 1.54) is 17.6 Å². The molecule has 0 aromatic carbocycles. The van der Waals surface area contributed by atoms with Crippen molar-refractivity contribution < 1.29 is 9.47 Å². The third-order valence-corrected chi connectivity index (χ3v) is 5.41. The molecule has 6 unspecified atom stereocenters. The smallest absolute Gasteiger partial charge is 0.107 e. The third-order valence-electron chi connectivity index (χ3n) is 5.41. The van der Waals surface area contributed by atoms with E-state index in [2.05, 4.69) is 11.8 Å². The highest BCUT2D eigenvalue weighted by Crippen LogP contribution is 2.81. The van der Waals surface area contributed by atoms with Crippen LogP contribution in [0.25, 0.3) is 0 Å². The molecule has 0 aliphatic heterocycles. The van der Waals surface area contributed by atoms with Crippen LogP contribution in [0.3, 0.4) is 0 Å². The van der Waals surface area contributed by atoms with Crippen molar-refractivity contribution in [2.24, 2.45) is 35.5 Å². The Balaban J connectivity index is 1.68. The minimum Gasteiger partial charge on any atom is -0.380 e. The van der Waals surface area contributed by atoms with Crippen LogP contribution in [-0.2, 0) is 9.47 Å². The van der Waals surface area contributed by atoms with E-state index < -0.39 is 0 Å². The lowest BCUT2D eigenvalue weighted by Crippen LogP contribution is -2.10. The zero-order valence-electron chi connectivity index (χ0n) is 10.4. The van der Waals surface area contributed by atoms with Gasteiger partial charge < -0.3 is 9.47 Å². The van der Waals surface area contributed by atoms with Crippen molar-refractivity contribution in [3.8, 4) is 11.8 Å². The van der Waals surface area contributed by atoms with Crippen LogP contribution in [0.1, 0.15) is 6.42 Å². The summed E-state index contributed by atoms with van der Waals surface area (Å²) >= 11 is 0. The first kappa shape index (κ1) is 10.2. The summed E-state index contributed by atoms with van der Waals surface area (Å²) in [6, 6.07) is 0. The number of allylic oxidation sites excluding steroid dienone is 1. The molecule has 0 radical (unpaired) electrons. The summed E-state index contributed by atoms with van der Waals surface area (Å²) in [6.07, 6.45) is 1.47. The Morgan fingerprint density at radius 2 is 1.94 bits per heavy atom. The van der Waals surface area contributed by atoms with Gasteiger partial charge in [-0.25, -0.2) is 0 Å². The Morgan fingerprint density at radius 3 is 2.65 bits per heavy atom. The van der Waals surface area contributed by atoms with Crippen molar-refractivity contribution >= 4 is 0 Å². The topological polar surface area (TPSA) is 18.5 Å². The van der Waals surface area contributed by atoms with E-state index in [1.54, 1.807) is 14.2 Å². The van der Waals surface area contributed by atoms with Crippen LogP contribution in [0.15, 0.2) is 11.1 Å². The summed E-state index contributed by atoms with van der Waals surface area (Å²) in [5, 5.41) is 0. The van der Waals surface area contributed by atoms with E-state index in [9.17, 15) is 0 Å². The fraction of sp³-hybridized carbons (Fsp3) is 0.733. The zero-order chi connectivity index (χ0) is 11.6. The number of hydrogen-bond donors (Lipinski definition) is 0. The molecule has 0 spiro atoms. The molecule has 2 heteroatoms. The molecule has 0 aromatic rings. The lowest BCUT2D eigenvalue weighted by atomic mass is 9.92. The molecule has 90 valence electrons. The maximum Gasteiger partial charge on any atom is 0.107 e. The third kappa shape index (κ3) is 1.10. The van der Waals surface area contributed by atoms with Crippen molar-refractivity contribution in [1.82, 2.24) is 0 Å². The largest absolute Gasteiger partial charge is 0.380 e. The van der Waals surface area contributed by atoms with E-state index in [1.807, 2.05) is 0 Å². The predicted octanol–water partition coefficient (Wildman–Crippen LogP) is 1.72. The van der Waals surface area contributed by atoms with Crippen molar-refractivity contribution in [3.05, 3.63) is 11.1 Å². The van der Waals surface area contributed by atoms with Gasteiger partial charge in [0.1, 0.15) is 6.61 Å². The summed E-state index contributed by atoms with van der Waals surface area (Å²) in [5.74, 6) is 12.1. The Hall–Kier alpha value is -0.780. The van der Waals surface area contributed by atoms with Gasteiger partial charge in [0.25, 0.3) is 0 Å². The predicted molar refractivity (Wildman–Crippen MR) is 64.1 cm³/mol. The van der Waals surface area contributed by atoms with Gasteiger partial charge in [-0.15, -0.1) is 0 Å². The van der Waals surface area contributed by atoms with E-state index in [-0.39, 0.29) is 0 Å². The molecule has 5 aliphatic rings. The molecular weight excluding hydrogens is 212 g/mol. The number of hydrogen-bond acceptors (Lipinski definition) is 2. The standard InChI is InChI=1S/C15H18O2/c1-16-5-3-4-8-11(7-17-2)13-9-6-10-14(12(8)9)15(10)13/h9-10,12-15H,5-7H2,1-2H3. The zero-order valence-corrected chi connectivity index (χ0v) is 10.4. The molecule has 6 atom stereocenters. The molecule has 5 rings (SSSR count). The normalized spacial score (nSPS) is 47.4. The maximum absolute atomic E-state index is 5.39. The molecule has 6 bridgehead atoms. The summed E-state index contributed by atoms with van der Waals surface area (Å²) < 4.78 is 10.4. The SMILES string of the molecule is COCC#CC1=C(COC)C2C3CC4C(C13)C42. The first-order valence-electron chi connectivity index (χ1n) is 6.58. The first-order valence-corrected chi connectivity index (χ1v) is 6.58. The van der Waals surface area contributed by atoms with Crippen molar-refractivity contribution in [2.45, 2.75) is 6.42 Å². The molecule has 0 aromatic heterocycles. The molecule has 0 amide bonds. The maximum atomic E-state index is 5.39. The highest BCUT2D eigenvalue weighted by atomic mass is 16.5. The van der Waals surface area contributed by atoms with Crippen molar-refractivity contribution in [3.63, 3.8) is 0 Å². The molecule has 2 nitrogen and oxygen atoms in total. The fourth-order valence-electron chi connectivity index (χ4n) is 5.14. The van der Waals surface area contributed by atoms with E-state index in [0.29, 0.717) is 6.61 Å². The molecule has 5 aliphatic carbocycles. The summed E-state index contributed by atoms with van der Waals surface area (Å²) in [4.78, 5) is 0. The van der Waals surface area contributed by atoms with Crippen LogP contribution in [0.2, 0.25) is 0 Å². The molecular formula is C15H18O2. The first-order chi connectivity index (χ1) is 8.38. The summed E-state index contributed by atoms with van der Waals surface area (Å²) in [5.41, 5.74) is 2.97. The minimum atomic E-state index is 0.545. The fourth-order valence-corrected chi connectivity index (χ4v) is 5.14. The molecule has 17 heavy (non-hydrogen) atoms. The number of methoxy groups -OCH3 is 2. The van der Waals surface area contributed by atoms with Crippen LogP contribution >= 0.6 is 0 Å². The van der Waals surface area contributed by atoms with Gasteiger partial charge in [-0.05, 0) is 47.5 Å². The van der Waals surface area contributed by atoms with Crippen molar-refractivity contribution in [1.29, 1.82) is 0 Å². The summed E-state index contributed by atoms with van der Waals surface area (Å²) in [7, 11) is 3.50. The highest BCUT2D eigenvalue weighted by molar-refractivity contribution is 5.51. The second kappa shape index (κ2) is 3.37. The molecule has 4 fully saturated rings. The lowest BCUT2D eigenvalue weighted by Gasteiger charge is -2.15. The average Bonchev–Trinajstić information content (AvgIpc) is 2.72. The van der Waals surface area contributed by atoms with E-state index in [4.69, 9.17) is 9.47 Å². The van der Waals surface area contributed by atoms with Gasteiger partial charge in [0, 0.05) is 19.8 Å². The van der Waals surface area contributed by atoms with Gasteiger partial charge >= 0.3 is 0 Å². The van der Waals surface area contributed by atoms with E-state index >= 15 is 0 Å². The van der Waals surface area contributed by atoms with Gasteiger partial charge in [-0.2, -0.15) is 0 Å². The van der Waals surface area contributed by atoms with Crippen LogP contribution in [0.4, 0.5) is 0 Å². The molecule has 4 saturated carbocycles. The highest BCUT2D eigenvalue weighted by Gasteiger charge is 2.77. The van der Waals surface area contributed by atoms with E-state index in [0.717, 1.165) is 42.1 Å². The Bertz CT molecular complexity index is 453. The van der Waals surface area contributed by atoms with Crippen LogP contribution < -0.4 is 0 Å². The van der Waals surface area contributed by atoms with Gasteiger partial charge in [0.15, 0.2) is 0 Å². The molecule has 0 saturated heterocycles. The Labute approximate surface area is 102 Å². The Morgan fingerprint density at radius 1 is 1.12 bits per heavy atom. The van der Waals surface area contributed by atoms with Gasteiger partial charge in [-0.3, -0.25) is 0 Å². The minimum absolute atomic E-state index is 0.545. The van der Waals surface area contributed by atoms with Gasteiger partial charge in [0.05, 0.1) is 6.61 Å². The van der Waals surface area contributed by atoms with Crippen LogP contribution in [0, 0.1) is 47.3 Å². The number of rotatable bonds is 3. The van der Waals surface area contributed by atoms with Gasteiger partial charge in [0.2, 0.25) is 0 Å². The second-order valence-electron chi connectivity index (χ2n) is 5.88. The molecule has 0 N–H and O–H groups in total. The number of ether oxygens (including phenoxy) is 2. The van der Waals surface area contributed by atoms with Crippen LogP contribution in [-0.4, -0.2) is 27.4 Å². The van der Waals surface area contributed by atoms with Crippen LogP contribution in [0.5, 0.6) is 0 Å². The summed E-state index contributed by atoms with van der Waals surface area (Å²) in [6.45, 7) is 1.34. The van der Waals surface area contributed by atoms with Crippen molar-refractivity contribution in [2.75, 3.05) is 27.4 Å². The monoisotopic (exact) mass is 230 g/mol. The van der Waals surface area contributed by atoms with Gasteiger partial charge in [-0.1, -0.05) is 11.8 Å². The average molecular weight is 230 g/mol. The second-order valence-corrected chi connectivity index (χ2v) is 5.88. The lowest BCUT2D eigenvalue weighted by molar-refractivity contribution is 0.213.